The van der Waals surface area contributed by atoms with Crippen molar-refractivity contribution in [1.29, 1.82) is 0 Å². The van der Waals surface area contributed by atoms with Gasteiger partial charge in [-0.15, -0.1) is 0 Å². The Hall–Kier alpha value is -2.33. The van der Waals surface area contributed by atoms with Gasteiger partial charge < -0.3 is 15.9 Å². The molecule has 1 atom stereocenters. The van der Waals surface area contributed by atoms with E-state index in [-0.39, 0.29) is 6.42 Å². The van der Waals surface area contributed by atoms with E-state index in [2.05, 4.69) is 0 Å². The Labute approximate surface area is 123 Å². The van der Waals surface area contributed by atoms with E-state index in [1.54, 1.807) is 0 Å². The topological polar surface area (TPSA) is 83.5 Å². The molecule has 0 radical (unpaired) electrons. The summed E-state index contributed by atoms with van der Waals surface area (Å²) in [5.41, 5.74) is 9.69. The van der Waals surface area contributed by atoms with Crippen molar-refractivity contribution in [2.24, 2.45) is 0 Å². The molecule has 0 spiro atoms. The number of aliphatic carboxylic acids is 1. The number of rotatable bonds is 6. The third-order valence-electron chi connectivity index (χ3n) is 3.37. The molecule has 2 aromatic carbocycles. The fourth-order valence-corrected chi connectivity index (χ4v) is 2.18. The van der Waals surface area contributed by atoms with Crippen LogP contribution in [0.5, 0.6) is 0 Å². The highest BCUT2D eigenvalue weighted by Gasteiger charge is 2.09. The van der Waals surface area contributed by atoms with Gasteiger partial charge >= 0.3 is 5.97 Å². The summed E-state index contributed by atoms with van der Waals surface area (Å²) in [5.74, 6) is -0.971. The number of benzene rings is 2. The molecule has 0 bridgehead atoms. The third-order valence-corrected chi connectivity index (χ3v) is 3.37. The Morgan fingerprint density at radius 2 is 1.52 bits per heavy atom. The number of aliphatic hydroxyl groups excluding tert-OH is 1. The molecule has 0 aromatic heterocycles. The van der Waals surface area contributed by atoms with Crippen molar-refractivity contribution in [3.63, 3.8) is 0 Å². The molecule has 110 valence electrons. The van der Waals surface area contributed by atoms with Crippen LogP contribution in [0.3, 0.4) is 0 Å². The fraction of sp³-hybridized carbons (Fsp3) is 0.235. The van der Waals surface area contributed by atoms with E-state index in [0.717, 1.165) is 22.4 Å². The number of carbonyl (C=O) groups is 1. The first-order valence-corrected chi connectivity index (χ1v) is 6.89. The molecule has 0 fully saturated rings. The molecule has 2 aromatic rings. The number of hydrogen-bond acceptors (Lipinski definition) is 3. The second kappa shape index (κ2) is 6.90. The molecular formula is C17H19NO3. The third kappa shape index (κ3) is 4.61. The van der Waals surface area contributed by atoms with Crippen LogP contribution >= 0.6 is 0 Å². The van der Waals surface area contributed by atoms with Crippen LogP contribution in [0.4, 0.5) is 5.69 Å². The molecule has 21 heavy (non-hydrogen) atoms. The lowest BCUT2D eigenvalue weighted by atomic mass is 10.0. The molecule has 4 heteroatoms. The Morgan fingerprint density at radius 3 is 2.05 bits per heavy atom. The summed E-state index contributed by atoms with van der Waals surface area (Å²) >= 11 is 0. The predicted molar refractivity (Wildman–Crippen MR) is 82.9 cm³/mol. The molecule has 4 N–H and O–H groups in total. The molecular weight excluding hydrogens is 266 g/mol. The zero-order chi connectivity index (χ0) is 15.2. The van der Waals surface area contributed by atoms with Crippen molar-refractivity contribution in [2.45, 2.75) is 25.4 Å². The molecule has 0 aliphatic heterocycles. The highest BCUT2D eigenvalue weighted by Crippen LogP contribution is 2.21. The Morgan fingerprint density at radius 1 is 1.00 bits per heavy atom. The number of nitrogen functional groups attached to an aromatic ring is 1. The molecule has 0 saturated heterocycles. The normalized spacial score (nSPS) is 12.0. The summed E-state index contributed by atoms with van der Waals surface area (Å²) in [6.45, 7) is 0. The van der Waals surface area contributed by atoms with Gasteiger partial charge in [-0.2, -0.15) is 0 Å². The highest BCUT2D eigenvalue weighted by atomic mass is 16.4. The first kappa shape index (κ1) is 15.1. The zero-order valence-electron chi connectivity index (χ0n) is 11.7. The number of carboxylic acids is 1. The van der Waals surface area contributed by atoms with Crippen LogP contribution in [0, 0.1) is 0 Å². The summed E-state index contributed by atoms with van der Waals surface area (Å²) in [6, 6.07) is 15.7. The molecule has 4 nitrogen and oxygen atoms in total. The zero-order valence-corrected chi connectivity index (χ0v) is 11.7. The van der Waals surface area contributed by atoms with Gasteiger partial charge in [-0.3, -0.25) is 4.79 Å². The van der Waals surface area contributed by atoms with Crippen molar-refractivity contribution in [3.05, 3.63) is 54.1 Å². The smallest absolute Gasteiger partial charge is 0.305 e. The minimum absolute atomic E-state index is 0.205. The van der Waals surface area contributed by atoms with Gasteiger partial charge in [-0.1, -0.05) is 36.4 Å². The van der Waals surface area contributed by atoms with Crippen molar-refractivity contribution in [3.8, 4) is 11.1 Å². The average Bonchev–Trinajstić information content (AvgIpc) is 2.46. The van der Waals surface area contributed by atoms with Gasteiger partial charge in [0, 0.05) is 5.69 Å². The SMILES string of the molecule is Nc1ccc(-c2ccc(CCC(O)CC(=O)O)cc2)cc1. The summed E-state index contributed by atoms with van der Waals surface area (Å²) < 4.78 is 0. The van der Waals surface area contributed by atoms with Gasteiger partial charge in [0.1, 0.15) is 0 Å². The molecule has 1 unspecified atom stereocenters. The van der Waals surface area contributed by atoms with Gasteiger partial charge in [-0.25, -0.2) is 0 Å². The van der Waals surface area contributed by atoms with Gasteiger partial charge in [0.25, 0.3) is 0 Å². The van der Waals surface area contributed by atoms with Crippen LogP contribution in [-0.2, 0) is 11.2 Å². The summed E-state index contributed by atoms with van der Waals surface area (Å²) in [5, 5.41) is 18.1. The van der Waals surface area contributed by atoms with Crippen LogP contribution < -0.4 is 5.73 Å². The average molecular weight is 285 g/mol. The van der Waals surface area contributed by atoms with Gasteiger partial charge in [0.2, 0.25) is 0 Å². The van der Waals surface area contributed by atoms with E-state index in [9.17, 15) is 9.90 Å². The number of aryl methyl sites for hydroxylation is 1. The van der Waals surface area contributed by atoms with E-state index in [1.807, 2.05) is 48.5 Å². The monoisotopic (exact) mass is 285 g/mol. The quantitative estimate of drug-likeness (QED) is 0.712. The predicted octanol–water partition coefficient (Wildman–Crippen LogP) is 2.70. The van der Waals surface area contributed by atoms with Crippen LogP contribution in [0.15, 0.2) is 48.5 Å². The molecule has 0 aliphatic carbocycles. The maximum Gasteiger partial charge on any atom is 0.305 e. The second-order valence-corrected chi connectivity index (χ2v) is 5.11. The number of anilines is 1. The Kier molecular flexibility index (Phi) is 4.95. The highest BCUT2D eigenvalue weighted by molar-refractivity contribution is 5.67. The number of carboxylic acid groups (broad SMARTS) is 1. The molecule has 0 amide bonds. The number of nitrogens with two attached hydrogens (primary N) is 1. The van der Waals surface area contributed by atoms with Crippen molar-refractivity contribution < 1.29 is 15.0 Å². The minimum atomic E-state index is -0.971. The van der Waals surface area contributed by atoms with Crippen molar-refractivity contribution in [1.82, 2.24) is 0 Å². The summed E-state index contributed by atoms with van der Waals surface area (Å²) in [7, 11) is 0. The number of hydrogen-bond donors (Lipinski definition) is 3. The van der Waals surface area contributed by atoms with E-state index in [0.29, 0.717) is 12.8 Å². The number of aliphatic hydroxyl groups is 1. The van der Waals surface area contributed by atoms with E-state index in [4.69, 9.17) is 10.8 Å². The van der Waals surface area contributed by atoms with Crippen LogP contribution in [0.2, 0.25) is 0 Å². The lowest BCUT2D eigenvalue weighted by Gasteiger charge is -2.08. The standard InChI is InChI=1S/C17H19NO3/c18-15-8-6-14(7-9-15)13-4-1-12(2-5-13)3-10-16(19)11-17(20)21/h1-2,4-9,16,19H,3,10-11,18H2,(H,20,21). The van der Waals surface area contributed by atoms with E-state index >= 15 is 0 Å². The second-order valence-electron chi connectivity index (χ2n) is 5.11. The fourth-order valence-electron chi connectivity index (χ4n) is 2.18. The Balaban J connectivity index is 1.96. The molecule has 2 rings (SSSR count). The van der Waals surface area contributed by atoms with E-state index < -0.39 is 12.1 Å². The lowest BCUT2D eigenvalue weighted by molar-refractivity contribution is -0.139. The first-order chi connectivity index (χ1) is 10.0. The minimum Gasteiger partial charge on any atom is -0.481 e. The van der Waals surface area contributed by atoms with Crippen LogP contribution in [0.25, 0.3) is 11.1 Å². The van der Waals surface area contributed by atoms with Crippen molar-refractivity contribution >= 4 is 11.7 Å². The molecule has 0 saturated carbocycles. The van der Waals surface area contributed by atoms with E-state index in [1.165, 1.54) is 0 Å². The summed E-state index contributed by atoms with van der Waals surface area (Å²) in [4.78, 5) is 10.5. The maximum absolute atomic E-state index is 10.5. The largest absolute Gasteiger partial charge is 0.481 e. The van der Waals surface area contributed by atoms with Gasteiger partial charge in [-0.05, 0) is 41.7 Å². The maximum atomic E-state index is 10.5. The van der Waals surface area contributed by atoms with Gasteiger partial charge in [0.05, 0.1) is 12.5 Å². The van der Waals surface area contributed by atoms with Crippen LogP contribution in [0.1, 0.15) is 18.4 Å². The first-order valence-electron chi connectivity index (χ1n) is 6.89. The molecule has 0 heterocycles. The van der Waals surface area contributed by atoms with Crippen LogP contribution in [-0.4, -0.2) is 22.3 Å². The molecule has 0 aliphatic rings. The Bertz CT molecular complexity index is 590. The summed E-state index contributed by atoms with van der Waals surface area (Å²) in [6.07, 6.45) is 0.118. The lowest BCUT2D eigenvalue weighted by Crippen LogP contribution is -2.13. The van der Waals surface area contributed by atoms with Gasteiger partial charge in [0.15, 0.2) is 0 Å². The van der Waals surface area contributed by atoms with Crippen molar-refractivity contribution in [2.75, 3.05) is 5.73 Å².